The Kier molecular flexibility index (Phi) is 35.2. The van der Waals surface area contributed by atoms with Crippen molar-refractivity contribution < 1.29 is 100 Å². The minimum absolute atomic E-state index is 0.0328. The third-order valence-electron chi connectivity index (χ3n) is 25.8. The Bertz CT molecular complexity index is 2510. The lowest BCUT2D eigenvalue weighted by molar-refractivity contribution is -0.214. The molecule has 0 saturated heterocycles. The lowest BCUT2D eigenvalue weighted by Gasteiger charge is -2.58. The number of esters is 5. The van der Waals surface area contributed by atoms with E-state index >= 15 is 0 Å². The fourth-order valence-electron chi connectivity index (χ4n) is 20.8. The van der Waals surface area contributed by atoms with Crippen LogP contribution in [0.3, 0.4) is 0 Å². The molecule has 12 rings (SSSR count). The zero-order chi connectivity index (χ0) is 74.0. The molecule has 1 N–H and O–H groups in total. The van der Waals surface area contributed by atoms with Crippen LogP contribution in [-0.4, -0.2) is 155 Å². The summed E-state index contributed by atoms with van der Waals surface area (Å²) in [5.74, 6) is 4.52. The van der Waals surface area contributed by atoms with Crippen LogP contribution in [0.5, 0.6) is 0 Å². The van der Waals surface area contributed by atoms with E-state index < -0.39 is 6.29 Å². The molecule has 582 valence electrons. The van der Waals surface area contributed by atoms with E-state index in [1.807, 2.05) is 0 Å². The van der Waals surface area contributed by atoms with Crippen LogP contribution >= 0.6 is 0 Å². The maximum Gasteiger partial charge on any atom is 0.309 e. The second-order valence-corrected chi connectivity index (χ2v) is 32.8. The van der Waals surface area contributed by atoms with Crippen LogP contribution in [0.2, 0.25) is 0 Å². The summed E-state index contributed by atoms with van der Waals surface area (Å²) < 4.78 is 49.4. The van der Waals surface area contributed by atoms with Gasteiger partial charge in [0.2, 0.25) is 0 Å². The predicted molar refractivity (Wildman–Crippen MR) is 381 cm³/mol. The molecule has 12 aliphatic carbocycles. The predicted octanol–water partition coefficient (Wildman–Crippen LogP) is 12.5. The van der Waals surface area contributed by atoms with E-state index in [0.29, 0.717) is 48.7 Å². The van der Waals surface area contributed by atoms with Crippen molar-refractivity contribution in [2.75, 3.05) is 79.3 Å². The van der Waals surface area contributed by atoms with Gasteiger partial charge in [-0.15, -0.1) is 0 Å². The minimum atomic E-state index is -0.857. The maximum absolute atomic E-state index is 13.0. The highest BCUT2D eigenvalue weighted by Gasteiger charge is 2.58. The fraction of sp³-hybridized carbons (Fsp3) is 0.866. The first-order chi connectivity index (χ1) is 49.6. The second-order valence-electron chi connectivity index (χ2n) is 32.8. The summed E-state index contributed by atoms with van der Waals surface area (Å²) in [7, 11) is 0. The van der Waals surface area contributed by atoms with Gasteiger partial charge in [0.25, 0.3) is 0 Å². The molecule has 0 aliphatic heterocycles. The molecule has 12 aliphatic rings. The molecule has 0 spiro atoms. The zero-order valence-electron chi connectivity index (χ0n) is 63.3. The van der Waals surface area contributed by atoms with Crippen molar-refractivity contribution in [3.63, 3.8) is 0 Å². The fourth-order valence-corrected chi connectivity index (χ4v) is 20.8. The molecule has 0 amide bonds. The van der Waals surface area contributed by atoms with Crippen molar-refractivity contribution in [2.24, 2.45) is 118 Å². The number of carbonyl (C=O) groups is 11. The smallest absolute Gasteiger partial charge is 0.309 e. The van der Waals surface area contributed by atoms with Crippen LogP contribution in [0.15, 0.2) is 0 Å². The third-order valence-corrected chi connectivity index (χ3v) is 25.8. The number of Topliss-reactive ketones (excluding diaryl/α,β-unsaturated/α-hetero) is 6. The van der Waals surface area contributed by atoms with Crippen LogP contribution in [0.4, 0.5) is 0 Å². The quantitative estimate of drug-likeness (QED) is 0.0292. The molecule has 0 heterocycles. The topological polar surface area (TPSA) is 291 Å². The van der Waals surface area contributed by atoms with E-state index in [0.717, 1.165) is 199 Å². The zero-order valence-corrected chi connectivity index (χ0v) is 63.3. The van der Waals surface area contributed by atoms with Gasteiger partial charge in [-0.1, -0.05) is 51.4 Å². The number of ether oxygens (including phenoxy) is 9. The highest BCUT2D eigenvalue weighted by atomic mass is 16.6. The van der Waals surface area contributed by atoms with E-state index in [1.54, 1.807) is 41.5 Å². The van der Waals surface area contributed by atoms with Crippen molar-refractivity contribution >= 4 is 64.5 Å². The molecule has 13 unspecified atom stereocenters. The van der Waals surface area contributed by atoms with Gasteiger partial charge in [-0.3, -0.25) is 52.7 Å². The van der Waals surface area contributed by atoms with Gasteiger partial charge in [-0.25, -0.2) is 0 Å². The summed E-state index contributed by atoms with van der Waals surface area (Å²) in [4.78, 5) is 133. The molecular weight excluding hydrogens is 1320 g/mol. The summed E-state index contributed by atoms with van der Waals surface area (Å²) in [6, 6.07) is 0. The van der Waals surface area contributed by atoms with E-state index in [2.05, 4.69) is 0 Å². The Morgan fingerprint density at radius 2 is 0.524 bits per heavy atom. The first-order valence-electron chi connectivity index (χ1n) is 40.5. The van der Waals surface area contributed by atoms with E-state index in [4.69, 9.17) is 42.6 Å². The molecule has 21 nitrogen and oxygen atoms in total. The molecule has 0 aromatic rings. The van der Waals surface area contributed by atoms with Crippen LogP contribution in [-0.2, 0) is 95.4 Å². The van der Waals surface area contributed by atoms with Crippen molar-refractivity contribution in [3.8, 4) is 0 Å². The van der Waals surface area contributed by atoms with Crippen LogP contribution in [0, 0.1) is 118 Å². The molecule has 8 bridgehead atoms. The van der Waals surface area contributed by atoms with Crippen LogP contribution in [0.25, 0.3) is 0 Å². The second kappa shape index (κ2) is 43.2. The van der Waals surface area contributed by atoms with Crippen molar-refractivity contribution in [2.45, 2.75) is 253 Å². The standard InChI is InChI=1S/C30H44O7.2C26H42O7/c1-15(31)25-19-7-17-9-21(13-19)27(23(25)11-17)29(33)36-5-3-35-4-6-37-30(34)28-22-10-18-8-20(14-22)26(16(2)32)24(28)12-18;2*1-19(27)21-7-3-11-23(12-4-8-21)25(29)32-17-15-31-16-18-33-26(30)24-13-5-9-22(20(2)28)10-6-14-24/h17-29,33H,3-14H2,1-2H3;2*21-24H,3-18H2,1-2H3. The highest BCUT2D eigenvalue weighted by molar-refractivity contribution is 5.83. The largest absolute Gasteiger partial charge is 0.463 e. The number of hydrogen-bond acceptors (Lipinski definition) is 21. The van der Waals surface area contributed by atoms with E-state index in [9.17, 15) is 57.8 Å². The van der Waals surface area contributed by atoms with Gasteiger partial charge in [0.15, 0.2) is 6.29 Å². The van der Waals surface area contributed by atoms with Gasteiger partial charge in [-0.2, -0.15) is 0 Å². The van der Waals surface area contributed by atoms with Gasteiger partial charge in [0.05, 0.1) is 75.8 Å². The summed E-state index contributed by atoms with van der Waals surface area (Å²) >= 11 is 0. The molecule has 103 heavy (non-hydrogen) atoms. The number of aliphatic hydroxyl groups excluding tert-OH is 1. The van der Waals surface area contributed by atoms with E-state index in [1.165, 1.54) is 6.42 Å². The van der Waals surface area contributed by atoms with Crippen LogP contribution in [0.1, 0.15) is 247 Å². The first kappa shape index (κ1) is 83.8. The SMILES string of the molecule is CC(=O)C1C2CC3CC(C2)C(C(=O)OCCOCCOC(O)C2C4CC5CC(C4)C(C(C)=O)C2C5)C1C3.CC(=O)C1CCCC(C(=O)OCCOCCOC(=O)C2CCCC(C(C)=O)CCC2)CCC1.CC(=O)C1CCCC(C(=O)OCCOCCOC(=O)C2CCCC(C(C)=O)CCC2)CCC1. The lowest BCUT2D eigenvalue weighted by atomic mass is 9.47. The Labute approximate surface area is 613 Å². The maximum atomic E-state index is 13.0. The third kappa shape index (κ3) is 25.7. The summed E-state index contributed by atoms with van der Waals surface area (Å²) in [6.45, 7) is 13.0. The van der Waals surface area contributed by atoms with Gasteiger partial charge in [-0.05, 0) is 243 Å². The Morgan fingerprint density at radius 3 is 0.835 bits per heavy atom. The molecule has 21 heteroatoms. The molecule has 0 aromatic carbocycles. The summed E-state index contributed by atoms with van der Waals surface area (Å²) in [6.07, 6.45) is 27.9. The first-order valence-corrected chi connectivity index (χ1v) is 40.5. The van der Waals surface area contributed by atoms with Crippen molar-refractivity contribution in [1.82, 2.24) is 0 Å². The molecular formula is C82H128O21. The number of carbonyl (C=O) groups excluding carboxylic acids is 11. The van der Waals surface area contributed by atoms with Gasteiger partial charge in [0.1, 0.15) is 67.7 Å². The lowest BCUT2D eigenvalue weighted by Crippen LogP contribution is -2.56. The molecule has 0 aromatic heterocycles. The van der Waals surface area contributed by atoms with Crippen molar-refractivity contribution in [1.29, 1.82) is 0 Å². The molecule has 13 atom stereocenters. The minimum Gasteiger partial charge on any atom is -0.463 e. The van der Waals surface area contributed by atoms with Crippen molar-refractivity contribution in [3.05, 3.63) is 0 Å². The van der Waals surface area contributed by atoms with Gasteiger partial charge in [0, 0.05) is 41.4 Å². The highest BCUT2D eigenvalue weighted by Crippen LogP contribution is 2.61. The molecule has 12 fully saturated rings. The summed E-state index contributed by atoms with van der Waals surface area (Å²) in [5.41, 5.74) is 0. The number of rotatable bonds is 31. The number of aliphatic hydroxyl groups is 1. The average molecular weight is 1450 g/mol. The molecule has 12 saturated carbocycles. The normalized spacial score (nSPS) is 33.5. The molecule has 0 radical (unpaired) electrons. The Hall–Kier alpha value is -4.83. The number of hydrogen-bond donors (Lipinski definition) is 1. The van der Waals surface area contributed by atoms with Gasteiger partial charge >= 0.3 is 29.8 Å². The average Bonchev–Trinajstić information content (AvgIpc) is 0.742. The summed E-state index contributed by atoms with van der Waals surface area (Å²) in [5, 5.41) is 10.9. The number of ketones is 6. The van der Waals surface area contributed by atoms with E-state index in [-0.39, 0.29) is 213 Å². The van der Waals surface area contributed by atoms with Crippen LogP contribution < -0.4 is 0 Å². The van der Waals surface area contributed by atoms with Gasteiger partial charge < -0.3 is 47.7 Å². The Balaban J connectivity index is 0.000000197. The Morgan fingerprint density at radius 1 is 0.272 bits per heavy atom. The monoisotopic (exact) mass is 1450 g/mol.